The standard InChI is InChI=1S/C23H36N4O4S2/c1-15(2)20(24-3)23(31)27(5)19-14-33-32-13-18(26(4)22(19)30)21(29)25-17(12-28)11-16-9-7-6-8-10-16/h6-10,15,17-20,24,28H,11-14H2,1-5H3,(H,25,29)/t17-,18+,19-,20-/m0/s1. The summed E-state index contributed by atoms with van der Waals surface area (Å²) in [7, 11) is 7.99. The van der Waals surface area contributed by atoms with E-state index in [0.29, 0.717) is 17.9 Å². The van der Waals surface area contributed by atoms with E-state index in [9.17, 15) is 19.5 Å². The number of rotatable bonds is 9. The molecule has 0 aromatic heterocycles. The second-order valence-corrected chi connectivity index (χ2v) is 11.1. The summed E-state index contributed by atoms with van der Waals surface area (Å²) in [5, 5.41) is 15.7. The molecule has 1 aromatic rings. The minimum atomic E-state index is -0.698. The molecule has 1 aromatic carbocycles. The lowest BCUT2D eigenvalue weighted by Gasteiger charge is -2.37. The zero-order chi connectivity index (χ0) is 24.5. The number of benzene rings is 1. The van der Waals surface area contributed by atoms with Gasteiger partial charge in [0.05, 0.1) is 18.7 Å². The maximum absolute atomic E-state index is 13.3. The highest BCUT2D eigenvalue weighted by atomic mass is 33.1. The van der Waals surface area contributed by atoms with Gasteiger partial charge in [-0.2, -0.15) is 0 Å². The van der Waals surface area contributed by atoms with Gasteiger partial charge >= 0.3 is 0 Å². The molecule has 0 spiro atoms. The van der Waals surface area contributed by atoms with Crippen molar-refractivity contribution < 1.29 is 19.5 Å². The van der Waals surface area contributed by atoms with Crippen LogP contribution in [0.4, 0.5) is 0 Å². The van der Waals surface area contributed by atoms with Crippen LogP contribution in [0.3, 0.4) is 0 Å². The van der Waals surface area contributed by atoms with E-state index in [-0.39, 0.29) is 30.2 Å². The number of likely N-dealkylation sites (N-methyl/N-ethyl adjacent to an activating group) is 3. The molecular formula is C23H36N4O4S2. The van der Waals surface area contributed by atoms with E-state index in [2.05, 4.69) is 10.6 Å². The summed E-state index contributed by atoms with van der Waals surface area (Å²) in [6.07, 6.45) is 0.496. The number of hydrogen-bond acceptors (Lipinski definition) is 7. The fraction of sp³-hybridized carbons (Fsp3) is 0.609. The molecule has 1 fully saturated rings. The highest BCUT2D eigenvalue weighted by molar-refractivity contribution is 8.76. The van der Waals surface area contributed by atoms with E-state index in [1.54, 1.807) is 21.1 Å². The van der Waals surface area contributed by atoms with Crippen LogP contribution >= 0.6 is 21.6 Å². The summed E-state index contributed by atoms with van der Waals surface area (Å²) in [5.41, 5.74) is 1.01. The Labute approximate surface area is 204 Å². The molecular weight excluding hydrogens is 460 g/mol. The number of nitrogens with one attached hydrogen (secondary N) is 2. The molecule has 0 unspecified atom stereocenters. The summed E-state index contributed by atoms with van der Waals surface area (Å²) in [4.78, 5) is 42.4. The van der Waals surface area contributed by atoms with E-state index in [0.717, 1.165) is 5.56 Å². The Morgan fingerprint density at radius 2 is 1.85 bits per heavy atom. The van der Waals surface area contributed by atoms with Crippen LogP contribution in [0.1, 0.15) is 19.4 Å². The monoisotopic (exact) mass is 496 g/mol. The Morgan fingerprint density at radius 3 is 2.42 bits per heavy atom. The molecule has 0 saturated carbocycles. The Bertz CT molecular complexity index is 796. The molecule has 8 nitrogen and oxygen atoms in total. The molecule has 3 amide bonds. The smallest absolute Gasteiger partial charge is 0.246 e. The minimum absolute atomic E-state index is 0.0759. The van der Waals surface area contributed by atoms with E-state index in [4.69, 9.17) is 0 Å². The fourth-order valence-corrected chi connectivity index (χ4v) is 6.34. The maximum atomic E-state index is 13.3. The van der Waals surface area contributed by atoms with Gasteiger partial charge < -0.3 is 25.5 Å². The van der Waals surface area contributed by atoms with E-state index in [1.807, 2.05) is 44.2 Å². The van der Waals surface area contributed by atoms with E-state index in [1.165, 1.54) is 31.4 Å². The van der Waals surface area contributed by atoms with Crippen molar-refractivity contribution in [3.05, 3.63) is 35.9 Å². The van der Waals surface area contributed by atoms with Crippen LogP contribution in [0.5, 0.6) is 0 Å². The highest BCUT2D eigenvalue weighted by Gasteiger charge is 2.38. The second-order valence-electron chi connectivity index (χ2n) is 8.59. The van der Waals surface area contributed by atoms with Gasteiger partial charge in [-0.3, -0.25) is 14.4 Å². The minimum Gasteiger partial charge on any atom is -0.394 e. The normalized spacial score (nSPS) is 21.2. The van der Waals surface area contributed by atoms with Gasteiger partial charge in [0, 0.05) is 25.6 Å². The zero-order valence-electron chi connectivity index (χ0n) is 20.0. The second kappa shape index (κ2) is 13.2. The molecule has 4 atom stereocenters. The van der Waals surface area contributed by atoms with Gasteiger partial charge in [-0.1, -0.05) is 65.8 Å². The van der Waals surface area contributed by atoms with Crippen molar-refractivity contribution in [3.8, 4) is 0 Å². The number of nitrogens with zero attached hydrogens (tertiary/aromatic N) is 2. The molecule has 33 heavy (non-hydrogen) atoms. The van der Waals surface area contributed by atoms with Crippen molar-refractivity contribution in [3.63, 3.8) is 0 Å². The summed E-state index contributed by atoms with van der Waals surface area (Å²) in [6.45, 7) is 3.71. The van der Waals surface area contributed by atoms with E-state index >= 15 is 0 Å². The topological polar surface area (TPSA) is 102 Å². The average Bonchev–Trinajstić information content (AvgIpc) is 2.79. The lowest BCUT2D eigenvalue weighted by molar-refractivity contribution is -0.147. The molecule has 1 heterocycles. The largest absolute Gasteiger partial charge is 0.394 e. The average molecular weight is 497 g/mol. The Balaban J connectivity index is 2.11. The zero-order valence-corrected chi connectivity index (χ0v) is 21.6. The lowest BCUT2D eigenvalue weighted by Crippen LogP contribution is -2.60. The third kappa shape index (κ3) is 7.37. The summed E-state index contributed by atoms with van der Waals surface area (Å²) in [5.74, 6) is 0.241. The molecule has 1 aliphatic heterocycles. The quantitative estimate of drug-likeness (QED) is 0.439. The third-order valence-corrected chi connectivity index (χ3v) is 8.28. The molecule has 184 valence electrons. The first-order chi connectivity index (χ1) is 15.7. The van der Waals surface area contributed by atoms with Crippen LogP contribution in [-0.2, 0) is 20.8 Å². The first-order valence-corrected chi connectivity index (χ1v) is 13.6. The van der Waals surface area contributed by atoms with Gasteiger partial charge in [0.15, 0.2) is 0 Å². The van der Waals surface area contributed by atoms with E-state index < -0.39 is 24.2 Å². The Kier molecular flexibility index (Phi) is 11.0. The molecule has 10 heteroatoms. The van der Waals surface area contributed by atoms with Gasteiger partial charge in [0.2, 0.25) is 17.7 Å². The number of aliphatic hydroxyl groups excluding tert-OH is 1. The number of amides is 3. The molecule has 0 aliphatic carbocycles. The van der Waals surface area contributed by atoms with Crippen molar-refractivity contribution in [2.75, 3.05) is 39.3 Å². The van der Waals surface area contributed by atoms with Gasteiger partial charge in [-0.05, 0) is 24.9 Å². The van der Waals surface area contributed by atoms with Crippen LogP contribution in [0.25, 0.3) is 0 Å². The van der Waals surface area contributed by atoms with Crippen molar-refractivity contribution in [2.24, 2.45) is 5.92 Å². The third-order valence-electron chi connectivity index (χ3n) is 5.89. The number of hydrogen-bond donors (Lipinski definition) is 3. The lowest BCUT2D eigenvalue weighted by atomic mass is 10.0. The SMILES string of the molecule is CN[C@H](C(=O)N(C)[C@H]1CSSC[C@H](C(=O)N[C@H](CO)Cc2ccccc2)N(C)C1=O)C(C)C. The molecule has 0 bridgehead atoms. The van der Waals surface area contributed by atoms with Crippen LogP contribution in [-0.4, -0.2) is 96.1 Å². The summed E-state index contributed by atoms with van der Waals surface area (Å²) in [6, 6.07) is 7.43. The fourth-order valence-electron chi connectivity index (χ4n) is 3.80. The van der Waals surface area contributed by atoms with Crippen LogP contribution in [0.2, 0.25) is 0 Å². The Morgan fingerprint density at radius 1 is 1.21 bits per heavy atom. The van der Waals surface area contributed by atoms with Gasteiger partial charge in [0.1, 0.15) is 12.1 Å². The molecule has 1 saturated heterocycles. The molecule has 1 aliphatic rings. The first-order valence-electron chi connectivity index (χ1n) is 11.1. The van der Waals surface area contributed by atoms with Crippen LogP contribution < -0.4 is 10.6 Å². The van der Waals surface area contributed by atoms with Gasteiger partial charge in [0.25, 0.3) is 0 Å². The number of carbonyl (C=O) groups is 3. The van der Waals surface area contributed by atoms with Crippen molar-refractivity contribution in [1.29, 1.82) is 0 Å². The number of aliphatic hydroxyl groups is 1. The molecule has 3 N–H and O–H groups in total. The highest BCUT2D eigenvalue weighted by Crippen LogP contribution is 2.29. The van der Waals surface area contributed by atoms with Crippen molar-refractivity contribution in [1.82, 2.24) is 20.4 Å². The first kappa shape index (κ1) is 27.5. The van der Waals surface area contributed by atoms with Gasteiger partial charge in [-0.15, -0.1) is 0 Å². The van der Waals surface area contributed by atoms with Crippen molar-refractivity contribution >= 4 is 39.3 Å². The van der Waals surface area contributed by atoms with Gasteiger partial charge in [-0.25, -0.2) is 0 Å². The summed E-state index contributed by atoms with van der Waals surface area (Å²) >= 11 is 0. The maximum Gasteiger partial charge on any atom is 0.246 e. The molecule has 0 radical (unpaired) electrons. The van der Waals surface area contributed by atoms with Crippen LogP contribution in [0, 0.1) is 5.92 Å². The molecule has 2 rings (SSSR count). The predicted octanol–water partition coefficient (Wildman–Crippen LogP) is 0.999. The summed E-state index contributed by atoms with van der Waals surface area (Å²) < 4.78 is 0. The Hall–Kier alpha value is -1.75. The predicted molar refractivity (Wildman–Crippen MR) is 135 cm³/mol. The van der Waals surface area contributed by atoms with Crippen molar-refractivity contribution in [2.45, 2.75) is 44.4 Å². The number of carbonyl (C=O) groups excluding carboxylic acids is 3. The van der Waals surface area contributed by atoms with Crippen LogP contribution in [0.15, 0.2) is 30.3 Å².